The quantitative estimate of drug-likeness (QED) is 0.220. The normalized spacial score (nSPS) is 17.2. The predicted octanol–water partition coefficient (Wildman–Crippen LogP) is 3.41. The molecule has 10 nitrogen and oxygen atoms in total. The summed E-state index contributed by atoms with van der Waals surface area (Å²) in [6, 6.07) is 13.4. The first-order valence-corrected chi connectivity index (χ1v) is 12.7. The van der Waals surface area contributed by atoms with Crippen molar-refractivity contribution in [3.05, 3.63) is 48.0 Å². The van der Waals surface area contributed by atoms with Crippen LogP contribution in [-0.2, 0) is 20.8 Å². The highest BCUT2D eigenvalue weighted by Crippen LogP contribution is 2.35. The van der Waals surface area contributed by atoms with E-state index in [1.807, 2.05) is 41.0 Å². The van der Waals surface area contributed by atoms with Crippen molar-refractivity contribution in [2.45, 2.75) is 51.5 Å². The third-order valence-electron chi connectivity index (χ3n) is 6.09. The number of unbranched alkanes of at least 4 members (excludes halogenated alkanes) is 1. The highest BCUT2D eigenvalue weighted by atomic mass is 16.6. The lowest BCUT2D eigenvalue weighted by Gasteiger charge is -2.18. The maximum absolute atomic E-state index is 11.7. The SMILES string of the molecule is CCOC(=O)COc1ccc(CNc2nc3ccccc3n2[C@H]2CC[C@@H](CO)O2)cc1OCCCCO. The fourth-order valence-corrected chi connectivity index (χ4v) is 4.28. The maximum atomic E-state index is 11.7. The van der Waals surface area contributed by atoms with E-state index in [9.17, 15) is 9.90 Å². The summed E-state index contributed by atoms with van der Waals surface area (Å²) in [5, 5.41) is 22.0. The Morgan fingerprint density at radius 2 is 2.00 bits per heavy atom. The molecule has 3 N–H and O–H groups in total. The molecule has 0 unspecified atom stereocenters. The Balaban J connectivity index is 1.51. The van der Waals surface area contributed by atoms with Crippen LogP contribution >= 0.6 is 0 Å². The third kappa shape index (κ3) is 6.91. The zero-order chi connectivity index (χ0) is 26.0. The number of para-hydroxylation sites is 2. The molecule has 1 saturated heterocycles. The number of hydrogen-bond donors (Lipinski definition) is 3. The molecule has 200 valence electrons. The molecule has 1 aliphatic rings. The van der Waals surface area contributed by atoms with Gasteiger partial charge in [-0.25, -0.2) is 9.78 Å². The van der Waals surface area contributed by atoms with Crippen molar-refractivity contribution in [2.24, 2.45) is 0 Å². The average molecular weight is 514 g/mol. The highest BCUT2D eigenvalue weighted by molar-refractivity contribution is 5.78. The molecule has 1 aliphatic heterocycles. The van der Waals surface area contributed by atoms with Gasteiger partial charge >= 0.3 is 5.97 Å². The number of fused-ring (bicyclic) bond motifs is 1. The van der Waals surface area contributed by atoms with Crippen LogP contribution in [0.5, 0.6) is 11.5 Å². The van der Waals surface area contributed by atoms with Crippen molar-refractivity contribution in [1.82, 2.24) is 9.55 Å². The van der Waals surface area contributed by atoms with Crippen molar-refractivity contribution < 1.29 is 34.0 Å². The Hall–Kier alpha value is -3.34. The molecular formula is C27H35N3O7. The van der Waals surface area contributed by atoms with Gasteiger partial charge in [0.15, 0.2) is 18.1 Å². The largest absolute Gasteiger partial charge is 0.490 e. The van der Waals surface area contributed by atoms with Gasteiger partial charge in [0, 0.05) is 13.2 Å². The van der Waals surface area contributed by atoms with Gasteiger partial charge in [-0.1, -0.05) is 18.2 Å². The van der Waals surface area contributed by atoms with Crippen LogP contribution in [0.2, 0.25) is 0 Å². The summed E-state index contributed by atoms with van der Waals surface area (Å²) in [5.74, 6) is 1.19. The second-order valence-corrected chi connectivity index (χ2v) is 8.77. The molecule has 0 aliphatic carbocycles. The minimum atomic E-state index is -0.448. The number of aliphatic hydroxyl groups is 2. The Labute approximate surface area is 216 Å². The second-order valence-electron chi connectivity index (χ2n) is 8.77. The number of carbonyl (C=O) groups is 1. The summed E-state index contributed by atoms with van der Waals surface area (Å²) < 4.78 is 24.6. The third-order valence-corrected chi connectivity index (χ3v) is 6.09. The summed E-state index contributed by atoms with van der Waals surface area (Å²) in [6.07, 6.45) is 2.52. The first-order valence-electron chi connectivity index (χ1n) is 12.7. The van der Waals surface area contributed by atoms with Gasteiger partial charge in [-0.2, -0.15) is 0 Å². The van der Waals surface area contributed by atoms with Crippen LogP contribution < -0.4 is 14.8 Å². The van der Waals surface area contributed by atoms with Gasteiger partial charge in [0.2, 0.25) is 5.95 Å². The van der Waals surface area contributed by atoms with Crippen molar-refractivity contribution in [3.8, 4) is 11.5 Å². The minimum Gasteiger partial charge on any atom is -0.490 e. The lowest BCUT2D eigenvalue weighted by atomic mass is 10.2. The van der Waals surface area contributed by atoms with Gasteiger partial charge in [0.1, 0.15) is 6.23 Å². The predicted molar refractivity (Wildman–Crippen MR) is 138 cm³/mol. The summed E-state index contributed by atoms with van der Waals surface area (Å²) in [4.78, 5) is 16.5. The van der Waals surface area contributed by atoms with Crippen LogP contribution in [0.3, 0.4) is 0 Å². The van der Waals surface area contributed by atoms with Crippen LogP contribution in [0.4, 0.5) is 5.95 Å². The fourth-order valence-electron chi connectivity index (χ4n) is 4.28. The smallest absolute Gasteiger partial charge is 0.344 e. The number of ether oxygens (including phenoxy) is 4. The van der Waals surface area contributed by atoms with E-state index in [-0.39, 0.29) is 38.8 Å². The first-order chi connectivity index (χ1) is 18.1. The molecule has 0 spiro atoms. The van der Waals surface area contributed by atoms with Crippen LogP contribution in [0.15, 0.2) is 42.5 Å². The average Bonchev–Trinajstić information content (AvgIpc) is 3.53. The zero-order valence-corrected chi connectivity index (χ0v) is 21.1. The summed E-state index contributed by atoms with van der Waals surface area (Å²) in [6.45, 7) is 2.79. The van der Waals surface area contributed by atoms with Crippen molar-refractivity contribution in [2.75, 3.05) is 38.4 Å². The molecule has 4 rings (SSSR count). The molecule has 3 aromatic rings. The topological polar surface area (TPSA) is 124 Å². The van der Waals surface area contributed by atoms with E-state index in [0.717, 1.165) is 29.4 Å². The number of hydrogen-bond acceptors (Lipinski definition) is 9. The number of nitrogens with zero attached hydrogens (tertiary/aromatic N) is 2. The monoisotopic (exact) mass is 513 g/mol. The van der Waals surface area contributed by atoms with Gasteiger partial charge in [0.05, 0.1) is 37.0 Å². The highest BCUT2D eigenvalue weighted by Gasteiger charge is 2.29. The Bertz CT molecular complexity index is 1170. The van der Waals surface area contributed by atoms with E-state index in [1.165, 1.54) is 0 Å². The van der Waals surface area contributed by atoms with E-state index in [0.29, 0.717) is 43.4 Å². The molecule has 2 atom stereocenters. The van der Waals surface area contributed by atoms with E-state index in [1.54, 1.807) is 13.0 Å². The number of anilines is 1. The molecule has 2 aromatic carbocycles. The molecule has 10 heteroatoms. The molecular weight excluding hydrogens is 478 g/mol. The van der Waals surface area contributed by atoms with Gasteiger partial charge in [-0.3, -0.25) is 4.57 Å². The zero-order valence-electron chi connectivity index (χ0n) is 21.1. The number of imidazole rings is 1. The fraction of sp³-hybridized carbons (Fsp3) is 0.481. The Morgan fingerprint density at radius 3 is 2.78 bits per heavy atom. The van der Waals surface area contributed by atoms with E-state index < -0.39 is 5.97 Å². The Morgan fingerprint density at radius 1 is 1.14 bits per heavy atom. The molecule has 37 heavy (non-hydrogen) atoms. The Kier molecular flexibility index (Phi) is 9.58. The molecule has 0 amide bonds. The number of carbonyl (C=O) groups excluding carboxylic acids is 1. The number of esters is 1. The van der Waals surface area contributed by atoms with Gasteiger partial charge in [-0.05, 0) is 62.4 Å². The summed E-state index contributed by atoms with van der Waals surface area (Å²) in [7, 11) is 0. The number of aromatic nitrogens is 2. The lowest BCUT2D eigenvalue weighted by molar-refractivity contribution is -0.145. The van der Waals surface area contributed by atoms with Crippen LogP contribution in [0.25, 0.3) is 11.0 Å². The second kappa shape index (κ2) is 13.3. The van der Waals surface area contributed by atoms with Crippen molar-refractivity contribution in [1.29, 1.82) is 0 Å². The minimum absolute atomic E-state index is 0.00242. The van der Waals surface area contributed by atoms with Crippen molar-refractivity contribution >= 4 is 23.0 Å². The summed E-state index contributed by atoms with van der Waals surface area (Å²) in [5.41, 5.74) is 2.75. The standard InChI is InChI=1S/C27H35N3O7/c1-2-34-26(33)18-36-23-11-9-19(15-24(23)35-14-6-5-13-31)16-28-27-29-21-7-3-4-8-22(21)30(27)25-12-10-20(17-32)37-25/h3-4,7-9,11,15,20,25,31-32H,2,5-6,10,12-14,16-18H2,1H3,(H,28,29)/t20-,25+/m0/s1. The van der Waals surface area contributed by atoms with Gasteiger partial charge in [-0.15, -0.1) is 0 Å². The number of aliphatic hydroxyl groups excluding tert-OH is 2. The van der Waals surface area contributed by atoms with Crippen molar-refractivity contribution in [3.63, 3.8) is 0 Å². The maximum Gasteiger partial charge on any atom is 0.344 e. The van der Waals surface area contributed by atoms with Crippen LogP contribution in [-0.4, -0.2) is 64.9 Å². The molecule has 0 radical (unpaired) electrons. The molecule has 0 bridgehead atoms. The van der Waals surface area contributed by atoms with Gasteiger partial charge in [0.25, 0.3) is 0 Å². The molecule has 1 fully saturated rings. The van der Waals surface area contributed by atoms with E-state index in [2.05, 4.69) is 5.32 Å². The lowest BCUT2D eigenvalue weighted by Crippen LogP contribution is -2.16. The first kappa shape index (κ1) is 26.7. The molecule has 1 aromatic heterocycles. The van der Waals surface area contributed by atoms with Gasteiger partial charge < -0.3 is 34.5 Å². The van der Waals surface area contributed by atoms with E-state index in [4.69, 9.17) is 29.0 Å². The van der Waals surface area contributed by atoms with Crippen LogP contribution in [0.1, 0.15) is 44.4 Å². The number of rotatable bonds is 14. The molecule has 0 saturated carbocycles. The number of nitrogens with one attached hydrogen (secondary N) is 1. The molecule has 2 heterocycles. The summed E-state index contributed by atoms with van der Waals surface area (Å²) >= 11 is 0. The van der Waals surface area contributed by atoms with Crippen LogP contribution in [0, 0.1) is 0 Å². The van der Waals surface area contributed by atoms with E-state index >= 15 is 0 Å². The number of benzene rings is 2.